The fraction of sp³-hybridized carbons (Fsp3) is 0.750. The van der Waals surface area contributed by atoms with Gasteiger partial charge in [-0.15, -0.1) is 0 Å². The molecular weight excluding hydrogens is 236 g/mol. The Bertz CT molecular complexity index is 388. The topological polar surface area (TPSA) is 42.4 Å². The van der Waals surface area contributed by atoms with Crippen LogP contribution in [0, 0.1) is 18.8 Å². The van der Waals surface area contributed by atoms with Gasteiger partial charge in [0.15, 0.2) is 0 Å². The van der Waals surface area contributed by atoms with Crippen molar-refractivity contribution in [1.29, 1.82) is 0 Å². The lowest BCUT2D eigenvalue weighted by Gasteiger charge is -2.40. The lowest BCUT2D eigenvalue weighted by atomic mass is 9.76. The summed E-state index contributed by atoms with van der Waals surface area (Å²) in [4.78, 5) is 2.44. The molecule has 3 atom stereocenters. The molecule has 0 radical (unpaired) electrons. The molecule has 3 unspecified atom stereocenters. The Morgan fingerprint density at radius 3 is 2.74 bits per heavy atom. The highest BCUT2D eigenvalue weighted by Crippen LogP contribution is 2.33. The van der Waals surface area contributed by atoms with Crippen molar-refractivity contribution in [1.82, 2.24) is 4.90 Å². The average Bonchev–Trinajstić information content (AvgIpc) is 2.83. The summed E-state index contributed by atoms with van der Waals surface area (Å²) in [6.45, 7) is 6.01. The number of hydrogen-bond donors (Lipinski definition) is 1. The van der Waals surface area contributed by atoms with E-state index in [2.05, 4.69) is 24.9 Å². The Kier molecular flexibility index (Phi) is 5.06. The Hall–Kier alpha value is -0.800. The predicted molar refractivity (Wildman–Crippen MR) is 78.9 cm³/mol. The van der Waals surface area contributed by atoms with Gasteiger partial charge in [0.25, 0.3) is 0 Å². The van der Waals surface area contributed by atoms with Gasteiger partial charge in [-0.05, 0) is 57.3 Å². The highest BCUT2D eigenvalue weighted by molar-refractivity contribution is 5.05. The second-order valence-corrected chi connectivity index (χ2v) is 6.08. The van der Waals surface area contributed by atoms with Crippen molar-refractivity contribution in [2.24, 2.45) is 17.6 Å². The van der Waals surface area contributed by atoms with Gasteiger partial charge in [-0.3, -0.25) is 4.90 Å². The van der Waals surface area contributed by atoms with Crippen molar-refractivity contribution in [3.8, 4) is 0 Å². The van der Waals surface area contributed by atoms with Gasteiger partial charge in [-0.2, -0.15) is 0 Å². The lowest BCUT2D eigenvalue weighted by Crippen LogP contribution is -2.44. The summed E-state index contributed by atoms with van der Waals surface area (Å²) >= 11 is 0. The molecule has 3 heteroatoms. The smallest absolute Gasteiger partial charge is 0.118 e. The van der Waals surface area contributed by atoms with Crippen LogP contribution in [0.5, 0.6) is 0 Å². The highest BCUT2D eigenvalue weighted by Gasteiger charge is 2.31. The van der Waals surface area contributed by atoms with Crippen molar-refractivity contribution in [3.63, 3.8) is 0 Å². The third-order valence-electron chi connectivity index (χ3n) is 4.71. The van der Waals surface area contributed by atoms with Crippen LogP contribution in [0.1, 0.15) is 44.1 Å². The van der Waals surface area contributed by atoms with Gasteiger partial charge in [-0.1, -0.05) is 19.8 Å². The minimum atomic E-state index is 0.606. The molecule has 1 aliphatic rings. The molecule has 0 spiro atoms. The van der Waals surface area contributed by atoms with E-state index in [4.69, 9.17) is 10.2 Å². The van der Waals surface area contributed by atoms with Gasteiger partial charge in [0.2, 0.25) is 0 Å². The first-order valence-electron chi connectivity index (χ1n) is 7.59. The van der Waals surface area contributed by atoms with Gasteiger partial charge < -0.3 is 10.2 Å². The lowest BCUT2D eigenvalue weighted by molar-refractivity contribution is 0.0909. The maximum Gasteiger partial charge on any atom is 0.118 e. The van der Waals surface area contributed by atoms with Gasteiger partial charge in [0.05, 0.1) is 6.54 Å². The predicted octanol–water partition coefficient (Wildman–Crippen LogP) is 3.17. The monoisotopic (exact) mass is 264 g/mol. The molecule has 0 aliphatic heterocycles. The molecule has 1 saturated carbocycles. The molecule has 0 aromatic carbocycles. The van der Waals surface area contributed by atoms with E-state index in [0.717, 1.165) is 30.5 Å². The molecule has 1 heterocycles. The van der Waals surface area contributed by atoms with Crippen LogP contribution in [0.15, 0.2) is 16.5 Å². The maximum absolute atomic E-state index is 5.97. The zero-order valence-corrected chi connectivity index (χ0v) is 12.6. The van der Waals surface area contributed by atoms with Gasteiger partial charge in [0, 0.05) is 6.04 Å². The molecular formula is C16H28N2O. The Labute approximate surface area is 117 Å². The summed E-state index contributed by atoms with van der Waals surface area (Å²) in [6, 6.07) is 4.73. The van der Waals surface area contributed by atoms with Gasteiger partial charge in [0.1, 0.15) is 11.5 Å². The van der Waals surface area contributed by atoms with Crippen molar-refractivity contribution in [2.75, 3.05) is 13.6 Å². The quantitative estimate of drug-likeness (QED) is 0.888. The number of aryl methyl sites for hydroxylation is 1. The van der Waals surface area contributed by atoms with E-state index in [9.17, 15) is 0 Å². The fourth-order valence-corrected chi connectivity index (χ4v) is 3.41. The van der Waals surface area contributed by atoms with Crippen molar-refractivity contribution in [2.45, 2.75) is 52.1 Å². The normalized spacial score (nSPS) is 27.9. The largest absolute Gasteiger partial charge is 0.465 e. The molecule has 0 bridgehead atoms. The third-order valence-corrected chi connectivity index (χ3v) is 4.71. The van der Waals surface area contributed by atoms with Gasteiger partial charge in [-0.25, -0.2) is 0 Å². The van der Waals surface area contributed by atoms with Crippen molar-refractivity contribution >= 4 is 0 Å². The summed E-state index contributed by atoms with van der Waals surface area (Å²) in [7, 11) is 2.21. The third kappa shape index (κ3) is 3.61. The molecule has 1 aliphatic carbocycles. The van der Waals surface area contributed by atoms with Crippen LogP contribution in [0.3, 0.4) is 0 Å². The molecule has 1 aromatic rings. The summed E-state index contributed by atoms with van der Waals surface area (Å²) in [5.41, 5.74) is 5.97. The van der Waals surface area contributed by atoms with Crippen LogP contribution in [0.25, 0.3) is 0 Å². The zero-order valence-electron chi connectivity index (χ0n) is 12.6. The first kappa shape index (κ1) is 14.6. The maximum atomic E-state index is 5.97. The molecule has 1 fully saturated rings. The standard InChI is InChI=1S/C16H28N2O/c1-4-13-6-7-14(10-17)16(9-13)18(3)11-15-8-5-12(2)19-15/h5,8,13-14,16H,4,6-7,9-11,17H2,1-3H3. The number of nitrogens with two attached hydrogens (primary N) is 1. The molecule has 3 nitrogen and oxygen atoms in total. The Balaban J connectivity index is 1.99. The molecule has 1 aromatic heterocycles. The number of rotatable bonds is 5. The molecule has 0 amide bonds. The van der Waals surface area contributed by atoms with Crippen LogP contribution in [0.4, 0.5) is 0 Å². The second kappa shape index (κ2) is 6.58. The first-order chi connectivity index (χ1) is 9.13. The van der Waals surface area contributed by atoms with E-state index in [-0.39, 0.29) is 0 Å². The highest BCUT2D eigenvalue weighted by atomic mass is 16.3. The van der Waals surface area contributed by atoms with E-state index in [0.29, 0.717) is 12.0 Å². The second-order valence-electron chi connectivity index (χ2n) is 6.08. The SMILES string of the molecule is CCC1CCC(CN)C(N(C)Cc2ccc(C)o2)C1. The van der Waals surface area contributed by atoms with E-state index in [1.807, 2.05) is 13.0 Å². The number of nitrogens with zero attached hydrogens (tertiary/aromatic N) is 1. The molecule has 2 N–H and O–H groups in total. The van der Waals surface area contributed by atoms with Gasteiger partial charge >= 0.3 is 0 Å². The fourth-order valence-electron chi connectivity index (χ4n) is 3.41. The van der Waals surface area contributed by atoms with Crippen LogP contribution >= 0.6 is 0 Å². The number of furan rings is 1. The number of hydrogen-bond acceptors (Lipinski definition) is 3. The Morgan fingerprint density at radius 1 is 1.37 bits per heavy atom. The van der Waals surface area contributed by atoms with Crippen molar-refractivity contribution < 1.29 is 4.42 Å². The minimum Gasteiger partial charge on any atom is -0.465 e. The molecule has 19 heavy (non-hydrogen) atoms. The Morgan fingerprint density at radius 2 is 2.16 bits per heavy atom. The molecule has 108 valence electrons. The van der Waals surface area contributed by atoms with Crippen LogP contribution in [-0.4, -0.2) is 24.5 Å². The van der Waals surface area contributed by atoms with Crippen LogP contribution in [0.2, 0.25) is 0 Å². The minimum absolute atomic E-state index is 0.606. The summed E-state index contributed by atoms with van der Waals surface area (Å²) in [6.07, 6.45) is 5.21. The van der Waals surface area contributed by atoms with E-state index in [1.165, 1.54) is 25.7 Å². The average molecular weight is 264 g/mol. The summed E-state index contributed by atoms with van der Waals surface area (Å²) < 4.78 is 5.69. The van der Waals surface area contributed by atoms with Crippen LogP contribution in [-0.2, 0) is 6.54 Å². The van der Waals surface area contributed by atoms with E-state index >= 15 is 0 Å². The summed E-state index contributed by atoms with van der Waals surface area (Å²) in [5, 5.41) is 0. The van der Waals surface area contributed by atoms with E-state index < -0.39 is 0 Å². The van der Waals surface area contributed by atoms with E-state index in [1.54, 1.807) is 0 Å². The zero-order chi connectivity index (χ0) is 13.8. The van der Waals surface area contributed by atoms with Crippen LogP contribution < -0.4 is 5.73 Å². The molecule has 2 rings (SSSR count). The van der Waals surface area contributed by atoms with Crippen molar-refractivity contribution in [3.05, 3.63) is 23.7 Å². The first-order valence-corrected chi connectivity index (χ1v) is 7.59. The summed E-state index contributed by atoms with van der Waals surface area (Å²) in [5.74, 6) is 3.57. The molecule has 0 saturated heterocycles.